The van der Waals surface area contributed by atoms with Gasteiger partial charge in [-0.25, -0.2) is 4.98 Å². The summed E-state index contributed by atoms with van der Waals surface area (Å²) in [4.78, 5) is 5.90. The van der Waals surface area contributed by atoms with Crippen LogP contribution in [0.5, 0.6) is 0 Å². The Bertz CT molecular complexity index is 367. The number of rotatable bonds is 5. The number of anilines is 1. The van der Waals surface area contributed by atoms with E-state index in [0.29, 0.717) is 10.8 Å². The van der Waals surface area contributed by atoms with Gasteiger partial charge in [0.1, 0.15) is 6.54 Å². The maximum Gasteiger partial charge on any atom is 0.405 e. The van der Waals surface area contributed by atoms with Crippen LogP contribution in [0.2, 0.25) is 0 Å². The van der Waals surface area contributed by atoms with Crippen LogP contribution in [0.3, 0.4) is 0 Å². The van der Waals surface area contributed by atoms with E-state index in [1.807, 2.05) is 0 Å². The number of aromatic nitrogens is 1. The molecule has 0 bridgehead atoms. The molecule has 1 aromatic rings. The first-order chi connectivity index (χ1) is 7.87. The van der Waals surface area contributed by atoms with Crippen LogP contribution >= 0.6 is 11.3 Å². The van der Waals surface area contributed by atoms with Gasteiger partial charge in [-0.2, -0.15) is 13.2 Å². The van der Waals surface area contributed by atoms with Crippen molar-refractivity contribution in [3.63, 3.8) is 0 Å². The van der Waals surface area contributed by atoms with Crippen LogP contribution in [0.1, 0.15) is 10.6 Å². The summed E-state index contributed by atoms with van der Waals surface area (Å²) in [7, 11) is 2.85. The molecule has 2 N–H and O–H groups in total. The Morgan fingerprint density at radius 3 is 2.59 bits per heavy atom. The predicted molar refractivity (Wildman–Crippen MR) is 60.0 cm³/mol. The quantitative estimate of drug-likeness (QED) is 0.884. The molecular formula is C9H14F3N3OS. The van der Waals surface area contributed by atoms with Gasteiger partial charge in [0.2, 0.25) is 0 Å². The molecule has 4 nitrogen and oxygen atoms in total. The third-order valence-corrected chi connectivity index (χ3v) is 3.21. The van der Waals surface area contributed by atoms with Crippen molar-refractivity contribution in [2.75, 3.05) is 25.6 Å². The van der Waals surface area contributed by atoms with Crippen molar-refractivity contribution in [1.29, 1.82) is 0 Å². The third-order valence-electron chi connectivity index (χ3n) is 1.98. The van der Waals surface area contributed by atoms with Crippen molar-refractivity contribution < 1.29 is 17.9 Å². The highest BCUT2D eigenvalue weighted by Gasteiger charge is 2.30. The molecule has 0 unspecified atom stereocenters. The minimum atomic E-state index is -4.25. The molecule has 0 saturated heterocycles. The molecule has 98 valence electrons. The summed E-state index contributed by atoms with van der Waals surface area (Å²) in [5, 5.41) is 0.301. The lowest BCUT2D eigenvalue weighted by molar-refractivity contribution is -0.119. The molecule has 0 aromatic carbocycles. The smallest absolute Gasteiger partial charge is 0.378 e. The summed E-state index contributed by atoms with van der Waals surface area (Å²) in [6, 6.07) is 0. The Balaban J connectivity index is 2.83. The number of nitrogens with two attached hydrogens (primary N) is 1. The minimum Gasteiger partial charge on any atom is -0.378 e. The second kappa shape index (κ2) is 5.65. The summed E-state index contributed by atoms with van der Waals surface area (Å²) in [5.74, 6) is 0. The van der Waals surface area contributed by atoms with Gasteiger partial charge < -0.3 is 15.4 Å². The van der Waals surface area contributed by atoms with E-state index in [-0.39, 0.29) is 13.2 Å². The number of thiazole rings is 1. The van der Waals surface area contributed by atoms with E-state index in [4.69, 9.17) is 10.5 Å². The van der Waals surface area contributed by atoms with Crippen LogP contribution in [0.25, 0.3) is 0 Å². The number of nitrogens with zero attached hydrogens (tertiary/aromatic N) is 2. The van der Waals surface area contributed by atoms with E-state index in [1.165, 1.54) is 14.2 Å². The van der Waals surface area contributed by atoms with Gasteiger partial charge in [-0.05, 0) is 0 Å². The average Bonchev–Trinajstić information content (AvgIpc) is 2.59. The fraction of sp³-hybridized carbons (Fsp3) is 0.667. The van der Waals surface area contributed by atoms with Crippen molar-refractivity contribution in [1.82, 2.24) is 4.98 Å². The Morgan fingerprint density at radius 2 is 2.12 bits per heavy atom. The van der Waals surface area contributed by atoms with Crippen LogP contribution in [0.4, 0.5) is 18.3 Å². The minimum absolute atomic E-state index is 0.246. The molecule has 1 aromatic heterocycles. The van der Waals surface area contributed by atoms with Crippen molar-refractivity contribution in [2.24, 2.45) is 5.73 Å². The molecule has 0 saturated carbocycles. The summed E-state index contributed by atoms with van der Waals surface area (Å²) >= 11 is 1.16. The van der Waals surface area contributed by atoms with Gasteiger partial charge >= 0.3 is 6.18 Å². The predicted octanol–water partition coefficient (Wildman–Crippen LogP) is 1.75. The van der Waals surface area contributed by atoms with Gasteiger partial charge in [-0.15, -0.1) is 11.3 Å². The molecular weight excluding hydrogens is 255 g/mol. The van der Waals surface area contributed by atoms with Crippen LogP contribution in [-0.4, -0.2) is 31.9 Å². The SMILES string of the molecule is COCc1nc(N(C)CC(F)(F)F)sc1CN. The van der Waals surface area contributed by atoms with Crippen molar-refractivity contribution in [3.8, 4) is 0 Å². The van der Waals surface area contributed by atoms with Crippen LogP contribution in [0, 0.1) is 0 Å². The fourth-order valence-electron chi connectivity index (χ4n) is 1.28. The van der Waals surface area contributed by atoms with E-state index in [2.05, 4.69) is 4.98 Å². The average molecular weight is 269 g/mol. The topological polar surface area (TPSA) is 51.4 Å². The summed E-state index contributed by atoms with van der Waals surface area (Å²) in [5.41, 5.74) is 6.10. The Hall–Kier alpha value is -0.860. The van der Waals surface area contributed by atoms with E-state index < -0.39 is 12.7 Å². The molecule has 0 atom stereocenters. The summed E-state index contributed by atoms with van der Waals surface area (Å²) in [6.07, 6.45) is -4.25. The van der Waals surface area contributed by atoms with Gasteiger partial charge in [-0.1, -0.05) is 0 Å². The van der Waals surface area contributed by atoms with Crippen molar-refractivity contribution in [3.05, 3.63) is 10.6 Å². The lowest BCUT2D eigenvalue weighted by atomic mass is 10.4. The van der Waals surface area contributed by atoms with Crippen LogP contribution < -0.4 is 10.6 Å². The highest BCUT2D eigenvalue weighted by molar-refractivity contribution is 7.15. The summed E-state index contributed by atoms with van der Waals surface area (Å²) in [6.45, 7) is -0.532. The first-order valence-electron chi connectivity index (χ1n) is 4.83. The maximum absolute atomic E-state index is 12.2. The second-order valence-corrected chi connectivity index (χ2v) is 4.54. The van der Waals surface area contributed by atoms with E-state index in [9.17, 15) is 13.2 Å². The lowest BCUT2D eigenvalue weighted by Gasteiger charge is -2.17. The fourth-order valence-corrected chi connectivity index (χ4v) is 2.18. The molecule has 8 heteroatoms. The Labute approximate surface area is 101 Å². The van der Waals surface area contributed by atoms with E-state index in [1.54, 1.807) is 0 Å². The third kappa shape index (κ3) is 4.14. The highest BCUT2D eigenvalue weighted by atomic mass is 32.1. The Kier molecular flexibility index (Phi) is 4.72. The zero-order valence-electron chi connectivity index (χ0n) is 9.54. The van der Waals surface area contributed by atoms with Crippen LogP contribution in [-0.2, 0) is 17.9 Å². The van der Waals surface area contributed by atoms with E-state index >= 15 is 0 Å². The Morgan fingerprint density at radius 1 is 1.47 bits per heavy atom. The molecule has 0 aliphatic rings. The first-order valence-corrected chi connectivity index (χ1v) is 5.64. The molecule has 17 heavy (non-hydrogen) atoms. The molecule has 0 aliphatic heterocycles. The monoisotopic (exact) mass is 269 g/mol. The second-order valence-electron chi connectivity index (χ2n) is 3.47. The largest absolute Gasteiger partial charge is 0.405 e. The van der Waals surface area contributed by atoms with E-state index in [0.717, 1.165) is 21.1 Å². The number of alkyl halides is 3. The maximum atomic E-state index is 12.2. The van der Waals surface area contributed by atoms with Gasteiger partial charge in [0.05, 0.1) is 12.3 Å². The molecule has 1 heterocycles. The number of ether oxygens (including phenoxy) is 1. The molecule has 0 aliphatic carbocycles. The lowest BCUT2D eigenvalue weighted by Crippen LogP contribution is -2.30. The van der Waals surface area contributed by atoms with Gasteiger partial charge in [-0.3, -0.25) is 0 Å². The number of methoxy groups -OCH3 is 1. The molecule has 1 rings (SSSR count). The van der Waals surface area contributed by atoms with Crippen LogP contribution in [0.15, 0.2) is 0 Å². The first kappa shape index (κ1) is 14.2. The standard InChI is InChI=1S/C9H14F3N3OS/c1-15(5-9(10,11)12)8-14-6(4-16-2)7(3-13)17-8/h3-5,13H2,1-2H3. The molecule has 0 spiro atoms. The van der Waals surface area contributed by atoms with Crippen molar-refractivity contribution >= 4 is 16.5 Å². The number of hydrogen-bond acceptors (Lipinski definition) is 5. The van der Waals surface area contributed by atoms with Gasteiger partial charge in [0, 0.05) is 25.6 Å². The molecule has 0 amide bonds. The normalized spacial score (nSPS) is 11.9. The zero-order chi connectivity index (χ0) is 13.1. The molecule has 0 radical (unpaired) electrons. The number of hydrogen-bond donors (Lipinski definition) is 1. The van der Waals surface area contributed by atoms with Gasteiger partial charge in [0.25, 0.3) is 0 Å². The zero-order valence-corrected chi connectivity index (χ0v) is 10.4. The molecule has 0 fully saturated rings. The number of halogens is 3. The summed E-state index contributed by atoms with van der Waals surface area (Å²) < 4.78 is 41.6. The van der Waals surface area contributed by atoms with Gasteiger partial charge in [0.15, 0.2) is 5.13 Å². The highest BCUT2D eigenvalue weighted by Crippen LogP contribution is 2.28. The van der Waals surface area contributed by atoms with Crippen molar-refractivity contribution in [2.45, 2.75) is 19.3 Å².